The SMILES string of the molecule is C=CC=C1OP(Cl)OC(O)C1=CC. The summed E-state index contributed by atoms with van der Waals surface area (Å²) in [5.74, 6) is 0.511. The Hall–Kier alpha value is -0.340. The fourth-order valence-electron chi connectivity index (χ4n) is 0.927. The quantitative estimate of drug-likeness (QED) is 0.691. The minimum atomic E-state index is -1.55. The van der Waals surface area contributed by atoms with Crippen molar-refractivity contribution in [2.75, 3.05) is 0 Å². The zero-order chi connectivity index (χ0) is 9.84. The molecule has 1 aliphatic heterocycles. The van der Waals surface area contributed by atoms with Crippen molar-refractivity contribution >= 4 is 19.0 Å². The van der Waals surface area contributed by atoms with Gasteiger partial charge in [-0.25, -0.2) is 0 Å². The van der Waals surface area contributed by atoms with Gasteiger partial charge < -0.3 is 9.63 Å². The van der Waals surface area contributed by atoms with Gasteiger partial charge in [-0.3, -0.25) is 4.52 Å². The van der Waals surface area contributed by atoms with Crippen LogP contribution in [0.1, 0.15) is 6.92 Å². The van der Waals surface area contributed by atoms with E-state index in [9.17, 15) is 5.11 Å². The van der Waals surface area contributed by atoms with Crippen molar-refractivity contribution in [2.24, 2.45) is 0 Å². The van der Waals surface area contributed by atoms with Crippen LogP contribution in [0.5, 0.6) is 0 Å². The van der Waals surface area contributed by atoms with Gasteiger partial charge in [0.15, 0.2) is 6.29 Å². The number of rotatable bonds is 1. The van der Waals surface area contributed by atoms with Gasteiger partial charge in [0, 0.05) is 5.57 Å². The first-order valence-electron chi connectivity index (χ1n) is 3.67. The largest absolute Gasteiger partial charge is 0.435 e. The molecular formula is C8H10ClO3P. The van der Waals surface area contributed by atoms with E-state index in [1.165, 1.54) is 0 Å². The van der Waals surface area contributed by atoms with Gasteiger partial charge in [0.1, 0.15) is 5.76 Å². The Morgan fingerprint density at radius 2 is 2.38 bits per heavy atom. The molecule has 1 saturated heterocycles. The highest BCUT2D eigenvalue weighted by Gasteiger charge is 2.29. The smallest absolute Gasteiger partial charge is 0.341 e. The van der Waals surface area contributed by atoms with Crippen LogP contribution >= 0.6 is 19.0 Å². The number of allylic oxidation sites excluding steroid dienone is 3. The normalized spacial score (nSPS) is 34.7. The number of aliphatic hydroxyl groups excluding tert-OH is 1. The van der Waals surface area contributed by atoms with Gasteiger partial charge in [-0.1, -0.05) is 18.7 Å². The van der Waals surface area contributed by atoms with E-state index in [0.717, 1.165) is 0 Å². The lowest BCUT2D eigenvalue weighted by Crippen LogP contribution is -2.18. The lowest BCUT2D eigenvalue weighted by atomic mass is 10.2. The van der Waals surface area contributed by atoms with Crippen LogP contribution in [0.25, 0.3) is 0 Å². The summed E-state index contributed by atoms with van der Waals surface area (Å²) in [6.45, 7) is 5.31. The maximum Gasteiger partial charge on any atom is 0.341 e. The van der Waals surface area contributed by atoms with E-state index in [1.807, 2.05) is 0 Å². The van der Waals surface area contributed by atoms with Crippen LogP contribution in [0.15, 0.2) is 36.1 Å². The molecule has 0 bridgehead atoms. The molecule has 0 saturated carbocycles. The van der Waals surface area contributed by atoms with Crippen molar-refractivity contribution in [1.82, 2.24) is 0 Å². The fraction of sp³-hybridized carbons (Fsp3) is 0.250. The minimum absolute atomic E-state index is 0.511. The van der Waals surface area contributed by atoms with Gasteiger partial charge in [0.05, 0.1) is 0 Å². The first kappa shape index (κ1) is 10.7. The second-order valence-corrected chi connectivity index (χ2v) is 3.92. The van der Waals surface area contributed by atoms with Crippen LogP contribution in [0.3, 0.4) is 0 Å². The first-order valence-corrected chi connectivity index (χ1v) is 5.75. The molecule has 1 heterocycles. The Balaban J connectivity index is 2.91. The second kappa shape index (κ2) is 4.77. The minimum Gasteiger partial charge on any atom is -0.435 e. The summed E-state index contributed by atoms with van der Waals surface area (Å²) in [6, 6.07) is 0. The third-order valence-electron chi connectivity index (χ3n) is 1.48. The third kappa shape index (κ3) is 2.55. The maximum atomic E-state index is 9.42. The molecule has 72 valence electrons. The monoisotopic (exact) mass is 220 g/mol. The summed E-state index contributed by atoms with van der Waals surface area (Å²) in [5, 5.41) is 9.42. The molecule has 1 N–H and O–H groups in total. The Labute approximate surface area is 83.0 Å². The van der Waals surface area contributed by atoms with Crippen LogP contribution < -0.4 is 0 Å². The van der Waals surface area contributed by atoms with Crippen LogP contribution in [-0.4, -0.2) is 11.4 Å². The van der Waals surface area contributed by atoms with Gasteiger partial charge in [-0.05, 0) is 24.2 Å². The van der Waals surface area contributed by atoms with Crippen molar-refractivity contribution < 1.29 is 14.2 Å². The average molecular weight is 221 g/mol. The van der Waals surface area contributed by atoms with Crippen molar-refractivity contribution in [2.45, 2.75) is 13.2 Å². The van der Waals surface area contributed by atoms with E-state index < -0.39 is 14.0 Å². The molecule has 1 aliphatic rings. The lowest BCUT2D eigenvalue weighted by molar-refractivity contribution is 0.00385. The number of hydrogen-bond acceptors (Lipinski definition) is 3. The predicted molar refractivity (Wildman–Crippen MR) is 53.0 cm³/mol. The van der Waals surface area contributed by atoms with Crippen molar-refractivity contribution in [1.29, 1.82) is 0 Å². The highest BCUT2D eigenvalue weighted by molar-refractivity contribution is 7.76. The Bertz CT molecular complexity index is 262. The molecule has 0 aromatic heterocycles. The molecule has 0 aromatic rings. The number of aliphatic hydroxyl groups is 1. The summed E-state index contributed by atoms with van der Waals surface area (Å²) in [6.07, 6.45) is 3.91. The summed E-state index contributed by atoms with van der Waals surface area (Å²) in [4.78, 5) is 0. The van der Waals surface area contributed by atoms with Crippen LogP contribution in [0.4, 0.5) is 0 Å². The Morgan fingerprint density at radius 3 is 2.92 bits per heavy atom. The van der Waals surface area contributed by atoms with E-state index in [-0.39, 0.29) is 0 Å². The van der Waals surface area contributed by atoms with Crippen molar-refractivity contribution in [3.63, 3.8) is 0 Å². The molecule has 0 amide bonds. The molecule has 0 aromatic carbocycles. The molecule has 0 aliphatic carbocycles. The molecule has 0 spiro atoms. The van der Waals surface area contributed by atoms with Gasteiger partial charge >= 0.3 is 7.73 Å². The Morgan fingerprint density at radius 1 is 1.69 bits per heavy atom. The summed E-state index contributed by atoms with van der Waals surface area (Å²) >= 11 is 5.62. The number of hydrogen-bond donors (Lipinski definition) is 1. The van der Waals surface area contributed by atoms with E-state index >= 15 is 0 Å². The van der Waals surface area contributed by atoms with E-state index in [4.69, 9.17) is 20.3 Å². The zero-order valence-electron chi connectivity index (χ0n) is 7.11. The van der Waals surface area contributed by atoms with E-state index in [1.54, 1.807) is 25.2 Å². The molecule has 5 heteroatoms. The van der Waals surface area contributed by atoms with Gasteiger partial charge in [0.2, 0.25) is 0 Å². The van der Waals surface area contributed by atoms with Crippen molar-refractivity contribution in [3.8, 4) is 0 Å². The zero-order valence-corrected chi connectivity index (χ0v) is 8.76. The summed E-state index contributed by atoms with van der Waals surface area (Å²) < 4.78 is 10.1. The molecule has 2 unspecified atom stereocenters. The van der Waals surface area contributed by atoms with E-state index in [0.29, 0.717) is 11.3 Å². The highest BCUT2D eigenvalue weighted by atomic mass is 35.7. The fourth-order valence-corrected chi connectivity index (χ4v) is 2.01. The van der Waals surface area contributed by atoms with E-state index in [2.05, 4.69) is 6.58 Å². The van der Waals surface area contributed by atoms with Gasteiger partial charge in [-0.15, -0.1) is 0 Å². The lowest BCUT2D eigenvalue weighted by Gasteiger charge is -2.26. The van der Waals surface area contributed by atoms with Crippen LogP contribution in [0.2, 0.25) is 0 Å². The van der Waals surface area contributed by atoms with Crippen molar-refractivity contribution in [3.05, 3.63) is 36.1 Å². The predicted octanol–water partition coefficient (Wildman–Crippen LogP) is 2.83. The Kier molecular flexibility index (Phi) is 3.94. The molecule has 1 fully saturated rings. The van der Waals surface area contributed by atoms with Crippen LogP contribution in [0, 0.1) is 0 Å². The molecule has 3 nitrogen and oxygen atoms in total. The maximum absolute atomic E-state index is 9.42. The summed E-state index contributed by atoms with van der Waals surface area (Å²) in [5.41, 5.74) is 0.569. The van der Waals surface area contributed by atoms with Crippen LogP contribution in [-0.2, 0) is 9.05 Å². The molecule has 0 radical (unpaired) electrons. The molecule has 1 rings (SSSR count). The average Bonchev–Trinajstić information content (AvgIpc) is 2.04. The second-order valence-electron chi connectivity index (χ2n) is 2.27. The number of halogens is 1. The molecule has 2 atom stereocenters. The third-order valence-corrected chi connectivity index (χ3v) is 2.64. The molecular weight excluding hydrogens is 211 g/mol. The topological polar surface area (TPSA) is 38.7 Å². The first-order chi connectivity index (χ1) is 6.19. The summed E-state index contributed by atoms with van der Waals surface area (Å²) in [7, 11) is -1.55. The van der Waals surface area contributed by atoms with Gasteiger partial charge in [0.25, 0.3) is 0 Å². The van der Waals surface area contributed by atoms with Gasteiger partial charge in [-0.2, -0.15) is 0 Å². The standard InChI is InChI=1S/C8H10ClO3P/c1-3-5-7-6(4-2)8(10)12-13(9)11-7/h3-5,8,10H,1H2,2H3. The highest BCUT2D eigenvalue weighted by Crippen LogP contribution is 2.52. The molecule has 13 heavy (non-hydrogen) atoms.